The van der Waals surface area contributed by atoms with Gasteiger partial charge in [0, 0.05) is 10.9 Å². The molecule has 0 fully saturated rings. The number of nitrogens with one attached hydrogen (secondary N) is 1. The topological polar surface area (TPSA) is 81.4 Å². The molecule has 1 amide bonds. The number of rotatable bonds is 7. The van der Waals surface area contributed by atoms with E-state index in [1.54, 1.807) is 6.07 Å². The Hall–Kier alpha value is -3.14. The van der Waals surface area contributed by atoms with E-state index in [9.17, 15) is 22.8 Å². The minimum Gasteiger partial charge on any atom is -0.453 e. The zero-order valence-electron chi connectivity index (χ0n) is 16.1. The molecular weight excluding hydrogens is 481 g/mol. The zero-order chi connectivity index (χ0) is 22.5. The second-order valence-electron chi connectivity index (χ2n) is 6.46. The van der Waals surface area contributed by atoms with Crippen LogP contribution in [0.15, 0.2) is 51.5 Å². The Morgan fingerprint density at radius 3 is 2.55 bits per heavy atom. The predicted molar refractivity (Wildman–Crippen MR) is 108 cm³/mol. The number of oxazole rings is 1. The van der Waals surface area contributed by atoms with Gasteiger partial charge in [0.05, 0.1) is 23.9 Å². The summed E-state index contributed by atoms with van der Waals surface area (Å²) in [4.78, 5) is 28.0. The maximum absolute atomic E-state index is 13.8. The first-order valence-electron chi connectivity index (χ1n) is 9.09. The number of halogens is 4. The van der Waals surface area contributed by atoms with Crippen molar-refractivity contribution in [1.29, 1.82) is 0 Å². The SMILES string of the molecule is CC(OC(=O)CCc1ncc(-c2c(F)cccc2F)o1)C(=O)Nc1ccc(Br)cc1F. The number of benzene rings is 2. The molecule has 0 aliphatic rings. The van der Waals surface area contributed by atoms with Gasteiger partial charge in [-0.3, -0.25) is 9.59 Å². The summed E-state index contributed by atoms with van der Waals surface area (Å²) in [5.74, 6) is -3.72. The number of ether oxygens (including phenoxy) is 1. The Morgan fingerprint density at radius 2 is 1.87 bits per heavy atom. The van der Waals surface area contributed by atoms with Gasteiger partial charge in [-0.2, -0.15) is 0 Å². The van der Waals surface area contributed by atoms with E-state index in [-0.39, 0.29) is 35.7 Å². The summed E-state index contributed by atoms with van der Waals surface area (Å²) in [5, 5.41) is 2.33. The lowest BCUT2D eigenvalue weighted by Gasteiger charge is -2.13. The lowest BCUT2D eigenvalue weighted by Crippen LogP contribution is -2.30. The largest absolute Gasteiger partial charge is 0.453 e. The van der Waals surface area contributed by atoms with Crippen LogP contribution >= 0.6 is 15.9 Å². The molecule has 1 unspecified atom stereocenters. The van der Waals surface area contributed by atoms with Gasteiger partial charge in [-0.1, -0.05) is 22.0 Å². The highest BCUT2D eigenvalue weighted by Crippen LogP contribution is 2.27. The van der Waals surface area contributed by atoms with Crippen LogP contribution in [-0.2, 0) is 20.7 Å². The van der Waals surface area contributed by atoms with Gasteiger partial charge in [-0.15, -0.1) is 0 Å². The molecule has 10 heteroatoms. The van der Waals surface area contributed by atoms with Crippen molar-refractivity contribution in [2.24, 2.45) is 0 Å². The summed E-state index contributed by atoms with van der Waals surface area (Å²) in [7, 11) is 0. The van der Waals surface area contributed by atoms with Crippen LogP contribution in [0.3, 0.4) is 0 Å². The lowest BCUT2D eigenvalue weighted by molar-refractivity contribution is -0.153. The molecule has 31 heavy (non-hydrogen) atoms. The van der Waals surface area contributed by atoms with Crippen molar-refractivity contribution < 1.29 is 31.9 Å². The van der Waals surface area contributed by atoms with Crippen molar-refractivity contribution in [3.63, 3.8) is 0 Å². The van der Waals surface area contributed by atoms with E-state index in [0.717, 1.165) is 18.3 Å². The first kappa shape index (κ1) is 22.5. The van der Waals surface area contributed by atoms with Crippen LogP contribution in [0.4, 0.5) is 18.9 Å². The van der Waals surface area contributed by atoms with Gasteiger partial charge in [0.1, 0.15) is 17.5 Å². The molecule has 1 N–H and O–H groups in total. The van der Waals surface area contributed by atoms with Crippen molar-refractivity contribution >= 4 is 33.5 Å². The average molecular weight is 497 g/mol. The van der Waals surface area contributed by atoms with Crippen molar-refractivity contribution in [1.82, 2.24) is 4.98 Å². The first-order chi connectivity index (χ1) is 14.7. The van der Waals surface area contributed by atoms with Gasteiger partial charge in [0.2, 0.25) is 0 Å². The van der Waals surface area contributed by atoms with E-state index in [0.29, 0.717) is 4.47 Å². The van der Waals surface area contributed by atoms with Gasteiger partial charge >= 0.3 is 5.97 Å². The molecule has 6 nitrogen and oxygen atoms in total. The number of carbonyl (C=O) groups excluding carboxylic acids is 2. The smallest absolute Gasteiger partial charge is 0.307 e. The van der Waals surface area contributed by atoms with Crippen molar-refractivity contribution in [2.75, 3.05) is 5.32 Å². The number of amides is 1. The normalized spacial score (nSPS) is 11.8. The molecule has 0 saturated heterocycles. The van der Waals surface area contributed by atoms with Crippen molar-refractivity contribution in [3.05, 3.63) is 70.4 Å². The average Bonchev–Trinajstić information content (AvgIpc) is 3.17. The van der Waals surface area contributed by atoms with E-state index >= 15 is 0 Å². The summed E-state index contributed by atoms with van der Waals surface area (Å²) in [6.45, 7) is 1.34. The highest BCUT2D eigenvalue weighted by molar-refractivity contribution is 9.10. The molecule has 3 aromatic rings. The number of aryl methyl sites for hydroxylation is 1. The maximum Gasteiger partial charge on any atom is 0.307 e. The molecule has 0 spiro atoms. The second kappa shape index (κ2) is 9.78. The first-order valence-corrected chi connectivity index (χ1v) is 9.88. The molecule has 0 aliphatic heterocycles. The molecule has 162 valence electrons. The van der Waals surface area contributed by atoms with Gasteiger partial charge in [0.15, 0.2) is 17.8 Å². The lowest BCUT2D eigenvalue weighted by atomic mass is 10.1. The van der Waals surface area contributed by atoms with E-state index in [4.69, 9.17) is 9.15 Å². The number of nitrogens with zero attached hydrogens (tertiary/aromatic N) is 1. The third-order valence-electron chi connectivity index (χ3n) is 4.17. The van der Waals surface area contributed by atoms with Gasteiger partial charge in [0.25, 0.3) is 5.91 Å². The predicted octanol–water partition coefficient (Wildman–Crippen LogP) is 5.02. The summed E-state index contributed by atoms with van der Waals surface area (Å²) < 4.78 is 52.3. The van der Waals surface area contributed by atoms with Crippen molar-refractivity contribution in [2.45, 2.75) is 25.9 Å². The zero-order valence-corrected chi connectivity index (χ0v) is 17.7. The van der Waals surface area contributed by atoms with Crippen LogP contribution in [0.2, 0.25) is 0 Å². The molecular formula is C21H16BrF3N2O4. The third kappa shape index (κ3) is 5.72. The molecule has 0 aliphatic carbocycles. The monoisotopic (exact) mass is 496 g/mol. The van der Waals surface area contributed by atoms with Crippen LogP contribution in [0.1, 0.15) is 19.2 Å². The van der Waals surface area contributed by atoms with E-state index < -0.39 is 35.4 Å². The molecule has 0 radical (unpaired) electrons. The summed E-state index contributed by atoms with van der Waals surface area (Å²) in [6, 6.07) is 7.50. The summed E-state index contributed by atoms with van der Waals surface area (Å²) in [6.07, 6.45) is -0.220. The van der Waals surface area contributed by atoms with Gasteiger partial charge in [-0.25, -0.2) is 18.2 Å². The molecule has 2 aromatic carbocycles. The molecule has 1 heterocycles. The van der Waals surface area contributed by atoms with E-state index in [2.05, 4.69) is 26.2 Å². The minimum absolute atomic E-state index is 0.00934. The number of esters is 1. The van der Waals surface area contributed by atoms with Crippen LogP contribution in [0, 0.1) is 17.5 Å². The third-order valence-corrected chi connectivity index (χ3v) is 4.67. The molecule has 1 aromatic heterocycles. The minimum atomic E-state index is -1.18. The van der Waals surface area contributed by atoms with E-state index in [1.165, 1.54) is 25.1 Å². The number of anilines is 1. The second-order valence-corrected chi connectivity index (χ2v) is 7.38. The number of hydrogen-bond donors (Lipinski definition) is 1. The Morgan fingerprint density at radius 1 is 1.16 bits per heavy atom. The summed E-state index contributed by atoms with van der Waals surface area (Å²) in [5.41, 5.74) is -0.405. The number of hydrogen-bond acceptors (Lipinski definition) is 5. The molecule has 3 rings (SSSR count). The molecule has 0 bridgehead atoms. The molecule has 0 saturated carbocycles. The quantitative estimate of drug-likeness (QED) is 0.464. The Bertz CT molecular complexity index is 1100. The van der Waals surface area contributed by atoms with Crippen molar-refractivity contribution in [3.8, 4) is 11.3 Å². The fraction of sp³-hybridized carbons (Fsp3) is 0.190. The Balaban J connectivity index is 1.53. The fourth-order valence-corrected chi connectivity index (χ4v) is 2.95. The van der Waals surface area contributed by atoms with Gasteiger partial charge < -0.3 is 14.5 Å². The van der Waals surface area contributed by atoms with Gasteiger partial charge in [-0.05, 0) is 37.3 Å². The number of carbonyl (C=O) groups is 2. The van der Waals surface area contributed by atoms with Crippen LogP contribution in [-0.4, -0.2) is 23.0 Å². The highest BCUT2D eigenvalue weighted by atomic mass is 79.9. The van der Waals surface area contributed by atoms with Crippen LogP contribution < -0.4 is 5.32 Å². The van der Waals surface area contributed by atoms with Crippen LogP contribution in [0.25, 0.3) is 11.3 Å². The fourth-order valence-electron chi connectivity index (χ4n) is 2.62. The molecule has 1 atom stereocenters. The van der Waals surface area contributed by atoms with Crippen LogP contribution in [0.5, 0.6) is 0 Å². The maximum atomic E-state index is 13.8. The van der Waals surface area contributed by atoms with E-state index in [1.807, 2.05) is 0 Å². The Labute approximate surface area is 183 Å². The number of aromatic nitrogens is 1. The standard InChI is InChI=1S/C21H16BrF3N2O4/c1-11(21(29)27-16-6-5-12(22)9-15(16)25)30-19(28)8-7-18-26-10-17(31-18)20-13(23)3-2-4-14(20)24/h2-6,9-11H,7-8H2,1H3,(H,27,29). The Kier molecular flexibility index (Phi) is 7.11. The highest BCUT2D eigenvalue weighted by Gasteiger charge is 2.20. The summed E-state index contributed by atoms with van der Waals surface area (Å²) >= 11 is 3.11.